The monoisotopic (exact) mass is 134 g/mol. The van der Waals surface area contributed by atoms with Gasteiger partial charge in [0.05, 0.1) is 0 Å². The average molecular weight is 134 g/mol. The van der Waals surface area contributed by atoms with E-state index in [1.807, 2.05) is 0 Å². The minimum atomic E-state index is 0.888. The Morgan fingerprint density at radius 1 is 0.900 bits per heavy atom. The number of hydrogen-bond donors (Lipinski definition) is 0. The third kappa shape index (κ3) is 1.03. The summed E-state index contributed by atoms with van der Waals surface area (Å²) in [6.07, 6.45) is 14.9. The molecule has 0 amide bonds. The third-order valence-electron chi connectivity index (χ3n) is 2.66. The molecule has 0 saturated heterocycles. The van der Waals surface area contributed by atoms with Crippen molar-refractivity contribution in [1.82, 2.24) is 0 Å². The molecule has 10 heavy (non-hydrogen) atoms. The van der Waals surface area contributed by atoms with E-state index >= 15 is 0 Å². The van der Waals surface area contributed by atoms with Crippen LogP contribution in [0.5, 0.6) is 0 Å². The van der Waals surface area contributed by atoms with E-state index in [9.17, 15) is 0 Å². The second kappa shape index (κ2) is 2.61. The summed E-state index contributed by atoms with van der Waals surface area (Å²) in [6, 6.07) is 0. The molecule has 2 aliphatic carbocycles. The molecule has 0 heteroatoms. The smallest absolute Gasteiger partial charge is 0.0169 e. The van der Waals surface area contributed by atoms with Crippen molar-refractivity contribution in [3.05, 3.63) is 24.3 Å². The highest BCUT2D eigenvalue weighted by molar-refractivity contribution is 5.08. The zero-order chi connectivity index (χ0) is 6.81. The van der Waals surface area contributed by atoms with E-state index in [0.717, 1.165) is 18.3 Å². The van der Waals surface area contributed by atoms with Crippen molar-refractivity contribution in [2.24, 2.45) is 11.8 Å². The number of fused-ring (bicyclic) bond motifs is 1. The largest absolute Gasteiger partial charge is 0.0845 e. The fourth-order valence-electron chi connectivity index (χ4n) is 2.08. The molecule has 0 bridgehead atoms. The minimum Gasteiger partial charge on any atom is -0.0845 e. The Morgan fingerprint density at radius 2 is 1.50 bits per heavy atom. The van der Waals surface area contributed by atoms with Crippen LogP contribution in [0.25, 0.3) is 0 Å². The Labute approximate surface area is 62.6 Å². The number of hydrogen-bond acceptors (Lipinski definition) is 0. The van der Waals surface area contributed by atoms with Crippen molar-refractivity contribution in [3.8, 4) is 0 Å². The van der Waals surface area contributed by atoms with Crippen LogP contribution in [0.15, 0.2) is 24.3 Å². The van der Waals surface area contributed by atoms with Gasteiger partial charge in [0, 0.05) is 0 Å². The predicted molar refractivity (Wildman–Crippen MR) is 43.7 cm³/mol. The van der Waals surface area contributed by atoms with Crippen LogP contribution in [0.4, 0.5) is 0 Å². The van der Waals surface area contributed by atoms with Crippen LogP contribution in [0, 0.1) is 11.8 Å². The van der Waals surface area contributed by atoms with Crippen LogP contribution >= 0.6 is 0 Å². The lowest BCUT2D eigenvalue weighted by molar-refractivity contribution is 0.560. The fourth-order valence-corrected chi connectivity index (χ4v) is 2.08. The van der Waals surface area contributed by atoms with E-state index in [-0.39, 0.29) is 0 Å². The summed E-state index contributed by atoms with van der Waals surface area (Å²) >= 11 is 0. The third-order valence-corrected chi connectivity index (χ3v) is 2.66. The van der Waals surface area contributed by atoms with Crippen molar-refractivity contribution in [1.29, 1.82) is 0 Å². The maximum absolute atomic E-state index is 2.41. The molecule has 1 saturated carbocycles. The Kier molecular flexibility index (Phi) is 1.62. The van der Waals surface area contributed by atoms with E-state index in [2.05, 4.69) is 24.3 Å². The Balaban J connectivity index is 2.16. The molecule has 2 aliphatic rings. The van der Waals surface area contributed by atoms with Gasteiger partial charge in [0.15, 0.2) is 0 Å². The lowest BCUT2D eigenvalue weighted by Gasteiger charge is -2.08. The van der Waals surface area contributed by atoms with Crippen LogP contribution < -0.4 is 0 Å². The molecule has 54 valence electrons. The minimum absolute atomic E-state index is 0.888. The summed E-state index contributed by atoms with van der Waals surface area (Å²) in [7, 11) is 0. The van der Waals surface area contributed by atoms with Crippen molar-refractivity contribution >= 4 is 0 Å². The first kappa shape index (κ1) is 6.21. The summed E-state index contributed by atoms with van der Waals surface area (Å²) < 4.78 is 0. The second-order valence-corrected chi connectivity index (χ2v) is 3.35. The van der Waals surface area contributed by atoms with Crippen molar-refractivity contribution in [2.75, 3.05) is 0 Å². The summed E-state index contributed by atoms with van der Waals surface area (Å²) in [6.45, 7) is 0. The second-order valence-electron chi connectivity index (χ2n) is 3.35. The highest BCUT2D eigenvalue weighted by atomic mass is 14.3. The quantitative estimate of drug-likeness (QED) is 0.447. The molecule has 0 spiro atoms. The lowest BCUT2D eigenvalue weighted by Crippen LogP contribution is -1.99. The molecule has 0 aliphatic heterocycles. The van der Waals surface area contributed by atoms with Crippen molar-refractivity contribution in [3.63, 3.8) is 0 Å². The first-order valence-corrected chi connectivity index (χ1v) is 4.30. The average Bonchev–Trinajstić information content (AvgIpc) is 2.28. The standard InChI is InChI=1S/C10H14/c1-2-5-9-7-4-8-10(9)6-3-1/h2-3,5-6,9-10H,1,4,7-8H2. The molecule has 0 N–H and O–H groups in total. The molecule has 0 aromatic rings. The van der Waals surface area contributed by atoms with E-state index in [1.165, 1.54) is 19.3 Å². The maximum atomic E-state index is 2.41. The van der Waals surface area contributed by atoms with Gasteiger partial charge < -0.3 is 0 Å². The highest BCUT2D eigenvalue weighted by Crippen LogP contribution is 2.34. The molecule has 0 aromatic heterocycles. The van der Waals surface area contributed by atoms with Crippen LogP contribution in [-0.2, 0) is 0 Å². The topological polar surface area (TPSA) is 0 Å². The first-order valence-electron chi connectivity index (χ1n) is 4.30. The number of rotatable bonds is 0. The van der Waals surface area contributed by atoms with Crippen molar-refractivity contribution < 1.29 is 0 Å². The van der Waals surface area contributed by atoms with Gasteiger partial charge in [0.25, 0.3) is 0 Å². The Hall–Kier alpha value is -0.520. The van der Waals surface area contributed by atoms with Gasteiger partial charge in [0.2, 0.25) is 0 Å². The Bertz CT molecular complexity index is 147. The SMILES string of the molecule is C1=CC2CCCC2C=CC1. The maximum Gasteiger partial charge on any atom is -0.0169 e. The summed E-state index contributed by atoms with van der Waals surface area (Å²) in [5, 5.41) is 0. The highest BCUT2D eigenvalue weighted by Gasteiger charge is 2.22. The molecular formula is C10H14. The zero-order valence-electron chi connectivity index (χ0n) is 6.29. The normalized spacial score (nSPS) is 37.6. The van der Waals surface area contributed by atoms with Gasteiger partial charge in [-0.3, -0.25) is 0 Å². The molecule has 2 rings (SSSR count). The van der Waals surface area contributed by atoms with E-state index < -0.39 is 0 Å². The summed E-state index contributed by atoms with van der Waals surface area (Å²) in [4.78, 5) is 0. The van der Waals surface area contributed by atoms with Gasteiger partial charge >= 0.3 is 0 Å². The van der Waals surface area contributed by atoms with Crippen LogP contribution in [0.3, 0.4) is 0 Å². The van der Waals surface area contributed by atoms with E-state index in [1.54, 1.807) is 0 Å². The zero-order valence-corrected chi connectivity index (χ0v) is 6.29. The van der Waals surface area contributed by atoms with Crippen LogP contribution in [-0.4, -0.2) is 0 Å². The fraction of sp³-hybridized carbons (Fsp3) is 0.600. The lowest BCUT2D eigenvalue weighted by atomic mass is 9.97. The molecule has 0 aromatic carbocycles. The molecule has 2 atom stereocenters. The van der Waals surface area contributed by atoms with E-state index in [0.29, 0.717) is 0 Å². The van der Waals surface area contributed by atoms with Crippen molar-refractivity contribution in [2.45, 2.75) is 25.7 Å². The number of allylic oxidation sites excluding steroid dienone is 4. The molecular weight excluding hydrogens is 120 g/mol. The van der Waals surface area contributed by atoms with E-state index in [4.69, 9.17) is 0 Å². The van der Waals surface area contributed by atoms with Crippen LogP contribution in [0.2, 0.25) is 0 Å². The van der Waals surface area contributed by atoms with Gasteiger partial charge in [0.1, 0.15) is 0 Å². The van der Waals surface area contributed by atoms with Gasteiger partial charge in [-0.1, -0.05) is 30.7 Å². The first-order chi connectivity index (χ1) is 4.97. The molecule has 0 radical (unpaired) electrons. The molecule has 0 heterocycles. The van der Waals surface area contributed by atoms with Gasteiger partial charge in [-0.15, -0.1) is 0 Å². The van der Waals surface area contributed by atoms with Gasteiger partial charge in [-0.05, 0) is 31.1 Å². The summed E-state index contributed by atoms with van der Waals surface area (Å²) in [5.41, 5.74) is 0. The van der Waals surface area contributed by atoms with Gasteiger partial charge in [-0.2, -0.15) is 0 Å². The summed E-state index contributed by atoms with van der Waals surface area (Å²) in [5.74, 6) is 1.78. The predicted octanol–water partition coefficient (Wildman–Crippen LogP) is 2.92. The Morgan fingerprint density at radius 3 is 2.10 bits per heavy atom. The van der Waals surface area contributed by atoms with Gasteiger partial charge in [-0.25, -0.2) is 0 Å². The molecule has 1 fully saturated rings. The van der Waals surface area contributed by atoms with Crippen LogP contribution in [0.1, 0.15) is 25.7 Å². The molecule has 0 nitrogen and oxygen atoms in total. The molecule has 2 unspecified atom stereocenters.